The lowest BCUT2D eigenvalue weighted by atomic mass is 9.64. The number of pyridine rings is 1. The number of aromatic nitrogens is 4. The quantitative estimate of drug-likeness (QED) is 0.154. The molecule has 0 atom stereocenters. The molecule has 0 radical (unpaired) electrons. The fraction of sp³-hybridized carbons (Fsp3) is 0.231. The van der Waals surface area contributed by atoms with Gasteiger partial charge in [0.2, 0.25) is 6.33 Å². The maximum Gasteiger partial charge on any atom is 0.244 e. The van der Waals surface area contributed by atoms with E-state index in [1.807, 2.05) is 48.5 Å². The molecule has 218 valence electrons. The van der Waals surface area contributed by atoms with Gasteiger partial charge in [-0.1, -0.05) is 82.3 Å². The number of rotatable bonds is 4. The maximum atomic E-state index is 8.01. The van der Waals surface area contributed by atoms with Crippen molar-refractivity contribution in [3.63, 3.8) is 0 Å². The summed E-state index contributed by atoms with van der Waals surface area (Å²) in [7, 11) is 0. The van der Waals surface area contributed by atoms with Crippen molar-refractivity contribution < 1.29 is 13.4 Å². The van der Waals surface area contributed by atoms with Crippen LogP contribution in [0.2, 0.25) is 0 Å². The molecular weight excluding hydrogens is 540 g/mol. The number of fused-ring (bicyclic) bond motifs is 5. The van der Waals surface area contributed by atoms with E-state index in [1.165, 1.54) is 15.7 Å². The molecule has 0 amide bonds. The molecular formula is C39H36N4O. The van der Waals surface area contributed by atoms with Gasteiger partial charge in [-0.3, -0.25) is 4.57 Å². The minimum atomic E-state index is -2.36. The Morgan fingerprint density at radius 1 is 0.750 bits per heavy atom. The van der Waals surface area contributed by atoms with Crippen LogP contribution in [0.15, 0.2) is 103 Å². The SMILES string of the molecule is [2H]C([2H])([2H])[n+]1[c-]n(-c2cccc(Oc3ccc4c5ccccc5n(-c5cc6c(cn5)C(C)(C)CCC6(C)C)c4c3)c2)c2ccccc21. The zero-order valence-electron chi connectivity index (χ0n) is 28.4. The fourth-order valence-electron chi connectivity index (χ4n) is 6.89. The first-order chi connectivity index (χ1) is 22.4. The smallest absolute Gasteiger partial charge is 0.244 e. The predicted octanol–water partition coefficient (Wildman–Crippen LogP) is 8.89. The summed E-state index contributed by atoms with van der Waals surface area (Å²) in [5.41, 5.74) is 7.04. The molecule has 0 fully saturated rings. The Labute approximate surface area is 262 Å². The van der Waals surface area contributed by atoms with Gasteiger partial charge in [0.05, 0.1) is 38.8 Å². The standard InChI is InChI=1S/C39H36N4O/c1-38(2)19-20-39(3,4)32-24-40-37(23-31(32)38)43-33-14-7-6-13-29(33)30-18-17-28(22-36(30)43)44-27-12-10-11-26(21-27)42-25-41(5)34-15-8-9-16-35(34)42/h6-18,21-24H,19-20H2,1-5H3/i5D3. The van der Waals surface area contributed by atoms with Gasteiger partial charge in [0.1, 0.15) is 17.3 Å². The number of hydrogen-bond acceptors (Lipinski definition) is 2. The fourth-order valence-corrected chi connectivity index (χ4v) is 6.89. The van der Waals surface area contributed by atoms with E-state index >= 15 is 0 Å². The van der Waals surface area contributed by atoms with Crippen molar-refractivity contribution in [2.45, 2.75) is 51.4 Å². The molecule has 0 N–H and O–H groups in total. The third kappa shape index (κ3) is 4.14. The highest BCUT2D eigenvalue weighted by molar-refractivity contribution is 6.09. The molecule has 0 spiro atoms. The van der Waals surface area contributed by atoms with E-state index in [9.17, 15) is 0 Å². The molecule has 0 aliphatic heterocycles. The van der Waals surface area contributed by atoms with E-state index in [1.54, 1.807) is 10.6 Å². The molecule has 44 heavy (non-hydrogen) atoms. The molecule has 4 aromatic carbocycles. The van der Waals surface area contributed by atoms with Gasteiger partial charge in [0, 0.05) is 23.0 Å². The van der Waals surface area contributed by atoms with Gasteiger partial charge < -0.3 is 13.9 Å². The number of hydrogen-bond donors (Lipinski definition) is 0. The molecule has 0 bridgehead atoms. The number of benzene rings is 4. The van der Waals surface area contributed by atoms with Crippen LogP contribution in [0.1, 0.15) is 55.8 Å². The Hall–Kier alpha value is -4.90. The average Bonchev–Trinajstić information content (AvgIpc) is 3.60. The van der Waals surface area contributed by atoms with Crippen LogP contribution in [0.5, 0.6) is 11.5 Å². The maximum absolute atomic E-state index is 8.01. The summed E-state index contributed by atoms with van der Waals surface area (Å²) in [6.07, 6.45) is 7.41. The third-order valence-electron chi connectivity index (χ3n) is 9.47. The molecule has 1 aliphatic rings. The van der Waals surface area contributed by atoms with Crippen LogP contribution < -0.4 is 9.30 Å². The second-order valence-electron chi connectivity index (χ2n) is 13.2. The molecule has 3 aromatic heterocycles. The Morgan fingerprint density at radius 3 is 2.32 bits per heavy atom. The molecule has 0 unspecified atom stereocenters. The molecule has 5 heteroatoms. The molecule has 0 saturated carbocycles. The predicted molar refractivity (Wildman–Crippen MR) is 177 cm³/mol. The lowest BCUT2D eigenvalue weighted by Crippen LogP contribution is -2.34. The first-order valence-corrected chi connectivity index (χ1v) is 15.2. The van der Waals surface area contributed by atoms with Gasteiger partial charge in [-0.15, -0.1) is 0 Å². The van der Waals surface area contributed by atoms with Crippen molar-refractivity contribution >= 4 is 32.8 Å². The number of para-hydroxylation sites is 3. The van der Waals surface area contributed by atoms with E-state index in [-0.39, 0.29) is 10.8 Å². The summed E-state index contributed by atoms with van der Waals surface area (Å²) in [5.74, 6) is 2.22. The summed E-state index contributed by atoms with van der Waals surface area (Å²) in [6, 6.07) is 32.0. The van der Waals surface area contributed by atoms with Crippen molar-refractivity contribution in [3.05, 3.63) is 121 Å². The van der Waals surface area contributed by atoms with Gasteiger partial charge in [-0.2, -0.15) is 0 Å². The monoisotopic (exact) mass is 579 g/mol. The second-order valence-corrected chi connectivity index (χ2v) is 13.2. The van der Waals surface area contributed by atoms with Crippen LogP contribution in [-0.2, 0) is 17.8 Å². The van der Waals surface area contributed by atoms with E-state index < -0.39 is 6.98 Å². The highest BCUT2D eigenvalue weighted by Gasteiger charge is 2.37. The zero-order valence-corrected chi connectivity index (χ0v) is 25.4. The van der Waals surface area contributed by atoms with Crippen molar-refractivity contribution in [2.24, 2.45) is 6.98 Å². The van der Waals surface area contributed by atoms with Crippen molar-refractivity contribution in [2.75, 3.05) is 0 Å². The highest BCUT2D eigenvalue weighted by Crippen LogP contribution is 2.46. The van der Waals surface area contributed by atoms with Gasteiger partial charge in [-0.05, 0) is 71.2 Å². The van der Waals surface area contributed by atoms with Crippen molar-refractivity contribution in [3.8, 4) is 23.0 Å². The van der Waals surface area contributed by atoms with E-state index in [4.69, 9.17) is 13.8 Å². The molecule has 3 heterocycles. The lowest BCUT2D eigenvalue weighted by Gasteiger charge is -2.41. The molecule has 5 nitrogen and oxygen atoms in total. The third-order valence-corrected chi connectivity index (χ3v) is 9.47. The Balaban J connectivity index is 1.23. The van der Waals surface area contributed by atoms with Gasteiger partial charge in [0.15, 0.2) is 0 Å². The lowest BCUT2D eigenvalue weighted by molar-refractivity contribution is -0.649. The van der Waals surface area contributed by atoms with E-state index in [2.05, 4.69) is 87.3 Å². The molecule has 8 rings (SSSR count). The van der Waals surface area contributed by atoms with Crippen LogP contribution in [0.3, 0.4) is 0 Å². The van der Waals surface area contributed by atoms with Gasteiger partial charge >= 0.3 is 0 Å². The number of imidazole rings is 1. The second kappa shape index (κ2) is 9.55. The highest BCUT2D eigenvalue weighted by atomic mass is 16.5. The minimum Gasteiger partial charge on any atom is -0.458 e. The Kier molecular flexibility index (Phi) is 5.11. The van der Waals surface area contributed by atoms with E-state index in [0.29, 0.717) is 17.0 Å². The topological polar surface area (TPSA) is 35.9 Å². The summed E-state index contributed by atoms with van der Waals surface area (Å²) >= 11 is 0. The summed E-state index contributed by atoms with van der Waals surface area (Å²) in [5, 5.41) is 2.29. The molecule has 7 aromatic rings. The largest absolute Gasteiger partial charge is 0.458 e. The Bertz CT molecular complexity index is 2340. The average molecular weight is 580 g/mol. The van der Waals surface area contributed by atoms with Crippen LogP contribution in [0.4, 0.5) is 0 Å². The van der Waals surface area contributed by atoms with E-state index in [0.717, 1.165) is 51.7 Å². The molecule has 0 saturated heterocycles. The summed E-state index contributed by atoms with van der Waals surface area (Å²) < 4.78 is 35.7. The summed E-state index contributed by atoms with van der Waals surface area (Å²) in [4.78, 5) is 5.07. The van der Waals surface area contributed by atoms with Crippen LogP contribution in [0, 0.1) is 6.33 Å². The number of nitrogens with zero attached hydrogens (tertiary/aromatic N) is 4. The van der Waals surface area contributed by atoms with Crippen LogP contribution in [-0.4, -0.2) is 14.1 Å². The number of ether oxygens (including phenoxy) is 1. The first-order valence-electron chi connectivity index (χ1n) is 16.7. The van der Waals surface area contributed by atoms with Crippen molar-refractivity contribution in [1.82, 2.24) is 14.1 Å². The minimum absolute atomic E-state index is 0.0613. The van der Waals surface area contributed by atoms with Crippen LogP contribution in [0.25, 0.3) is 44.3 Å². The van der Waals surface area contributed by atoms with Gasteiger partial charge in [-0.25, -0.2) is 4.98 Å². The molecule has 1 aliphatic carbocycles. The normalized spacial score (nSPS) is 16.9. The Morgan fingerprint density at radius 2 is 1.48 bits per heavy atom. The first kappa shape index (κ1) is 23.5. The summed E-state index contributed by atoms with van der Waals surface area (Å²) in [6.45, 7) is 6.97. The van der Waals surface area contributed by atoms with Crippen molar-refractivity contribution in [1.29, 1.82) is 0 Å². The van der Waals surface area contributed by atoms with Crippen LogP contribution >= 0.6 is 0 Å². The number of aryl methyl sites for hydroxylation is 1. The zero-order chi connectivity index (χ0) is 32.7. The van der Waals surface area contributed by atoms with Gasteiger partial charge in [0.25, 0.3) is 0 Å².